The highest BCUT2D eigenvalue weighted by Crippen LogP contribution is 2.21. The zero-order valence-corrected chi connectivity index (χ0v) is 7.64. The van der Waals surface area contributed by atoms with Gasteiger partial charge in [0.2, 0.25) is 0 Å². The van der Waals surface area contributed by atoms with Crippen LogP contribution in [0.3, 0.4) is 0 Å². The Morgan fingerprint density at radius 1 is 1.14 bits per heavy atom. The molecule has 0 unspecified atom stereocenters. The van der Waals surface area contributed by atoms with Crippen molar-refractivity contribution in [2.24, 2.45) is 0 Å². The van der Waals surface area contributed by atoms with Gasteiger partial charge in [0, 0.05) is 6.42 Å². The van der Waals surface area contributed by atoms with Gasteiger partial charge in [-0.15, -0.1) is 0 Å². The molecule has 72 valence electrons. The lowest BCUT2D eigenvalue weighted by molar-refractivity contribution is 0.391. The number of fused-ring (bicyclic) bond motifs is 1. The first-order chi connectivity index (χ1) is 6.66. The largest absolute Gasteiger partial charge is 0.512 e. The highest BCUT2D eigenvalue weighted by molar-refractivity contribution is 6.58. The second kappa shape index (κ2) is 3.48. The van der Waals surface area contributed by atoms with E-state index in [0.717, 1.165) is 17.5 Å². The van der Waals surface area contributed by atoms with Gasteiger partial charge in [-0.25, -0.2) is 0 Å². The van der Waals surface area contributed by atoms with E-state index in [1.165, 1.54) is 0 Å². The number of aryl methyl sites for hydroxylation is 1. The van der Waals surface area contributed by atoms with Gasteiger partial charge in [-0.2, -0.15) is 0 Å². The maximum Gasteiger partial charge on any atom is 0.488 e. The SMILES string of the molecule is OB(O)c1ccc2c(c1)CCC(O)=C2. The molecule has 1 aliphatic rings. The molecule has 1 aromatic carbocycles. The predicted molar refractivity (Wildman–Crippen MR) is 55.2 cm³/mol. The third kappa shape index (κ3) is 1.67. The van der Waals surface area contributed by atoms with Crippen LogP contribution in [0, 0.1) is 0 Å². The molecule has 3 N–H and O–H groups in total. The van der Waals surface area contributed by atoms with Crippen LogP contribution in [0.2, 0.25) is 0 Å². The monoisotopic (exact) mass is 190 g/mol. The maximum atomic E-state index is 9.30. The first-order valence-electron chi connectivity index (χ1n) is 4.55. The molecule has 0 spiro atoms. The summed E-state index contributed by atoms with van der Waals surface area (Å²) in [6.07, 6.45) is 3.09. The van der Waals surface area contributed by atoms with Crippen LogP contribution in [0.15, 0.2) is 24.0 Å². The lowest BCUT2D eigenvalue weighted by atomic mass is 9.78. The fraction of sp³-hybridized carbons (Fsp3) is 0.200. The summed E-state index contributed by atoms with van der Waals surface area (Å²) in [6.45, 7) is 0. The van der Waals surface area contributed by atoms with E-state index in [-0.39, 0.29) is 0 Å². The molecule has 1 aromatic rings. The first kappa shape index (κ1) is 9.31. The minimum Gasteiger partial charge on any atom is -0.512 e. The zero-order valence-electron chi connectivity index (χ0n) is 7.64. The molecule has 0 saturated heterocycles. The third-order valence-corrected chi connectivity index (χ3v) is 2.44. The molecule has 0 atom stereocenters. The summed E-state index contributed by atoms with van der Waals surface area (Å²) in [6, 6.07) is 5.21. The number of benzene rings is 1. The van der Waals surface area contributed by atoms with Crippen molar-refractivity contribution in [1.29, 1.82) is 0 Å². The van der Waals surface area contributed by atoms with Gasteiger partial charge in [0.25, 0.3) is 0 Å². The molecule has 0 bridgehead atoms. The van der Waals surface area contributed by atoms with Crippen molar-refractivity contribution in [2.45, 2.75) is 12.8 Å². The smallest absolute Gasteiger partial charge is 0.488 e. The predicted octanol–water partition coefficient (Wildman–Crippen LogP) is 0.211. The second-order valence-corrected chi connectivity index (χ2v) is 3.47. The number of aliphatic hydroxyl groups is 1. The number of aliphatic hydroxyl groups excluding tert-OH is 1. The first-order valence-corrected chi connectivity index (χ1v) is 4.55. The molecule has 3 nitrogen and oxygen atoms in total. The minimum atomic E-state index is -1.42. The van der Waals surface area contributed by atoms with Crippen LogP contribution in [-0.4, -0.2) is 22.3 Å². The van der Waals surface area contributed by atoms with Gasteiger partial charge >= 0.3 is 7.12 Å². The highest BCUT2D eigenvalue weighted by Gasteiger charge is 2.15. The Labute approximate surface area is 82.5 Å². The summed E-state index contributed by atoms with van der Waals surface area (Å²) in [7, 11) is -1.42. The number of hydrogen-bond donors (Lipinski definition) is 3. The van der Waals surface area contributed by atoms with E-state index in [4.69, 9.17) is 10.0 Å². The molecule has 0 radical (unpaired) electrons. The van der Waals surface area contributed by atoms with Crippen molar-refractivity contribution in [3.05, 3.63) is 35.1 Å². The van der Waals surface area contributed by atoms with Crippen molar-refractivity contribution >= 4 is 18.7 Å². The van der Waals surface area contributed by atoms with E-state index < -0.39 is 7.12 Å². The van der Waals surface area contributed by atoms with Gasteiger partial charge in [-0.3, -0.25) is 0 Å². The van der Waals surface area contributed by atoms with Crippen LogP contribution < -0.4 is 5.46 Å². The summed E-state index contributed by atoms with van der Waals surface area (Å²) < 4.78 is 0. The Morgan fingerprint density at radius 3 is 2.64 bits per heavy atom. The van der Waals surface area contributed by atoms with Crippen LogP contribution in [0.25, 0.3) is 6.08 Å². The molecule has 4 heteroatoms. The molecule has 2 rings (SSSR count). The molecule has 0 aromatic heterocycles. The Hall–Kier alpha value is -1.26. The fourth-order valence-electron chi connectivity index (χ4n) is 1.66. The van der Waals surface area contributed by atoms with Crippen LogP contribution in [0.4, 0.5) is 0 Å². The molecule has 14 heavy (non-hydrogen) atoms. The summed E-state index contributed by atoms with van der Waals surface area (Å²) >= 11 is 0. The molecule has 0 amide bonds. The minimum absolute atomic E-state index is 0.384. The number of hydrogen-bond acceptors (Lipinski definition) is 3. The van der Waals surface area contributed by atoms with Crippen molar-refractivity contribution in [3.8, 4) is 0 Å². The van der Waals surface area contributed by atoms with Crippen LogP contribution in [-0.2, 0) is 6.42 Å². The molecule has 0 aliphatic heterocycles. The molecular weight excluding hydrogens is 179 g/mol. The molecule has 1 aliphatic carbocycles. The van der Waals surface area contributed by atoms with Gasteiger partial charge in [-0.1, -0.05) is 18.2 Å². The van der Waals surface area contributed by atoms with Crippen LogP contribution in [0.5, 0.6) is 0 Å². The van der Waals surface area contributed by atoms with Gasteiger partial charge in [0.1, 0.15) is 0 Å². The Balaban J connectivity index is 2.42. The summed E-state index contributed by atoms with van der Waals surface area (Å²) in [5.41, 5.74) is 2.50. The van der Waals surface area contributed by atoms with E-state index in [9.17, 15) is 5.11 Å². The van der Waals surface area contributed by atoms with Crippen molar-refractivity contribution in [2.75, 3.05) is 0 Å². The molecule has 0 fully saturated rings. The molecule has 0 heterocycles. The average Bonchev–Trinajstić information content (AvgIpc) is 2.16. The lowest BCUT2D eigenvalue weighted by Gasteiger charge is -2.13. The Morgan fingerprint density at radius 2 is 1.93 bits per heavy atom. The van der Waals surface area contributed by atoms with Gasteiger partial charge in [0.15, 0.2) is 0 Å². The second-order valence-electron chi connectivity index (χ2n) is 3.47. The average molecular weight is 190 g/mol. The van der Waals surface area contributed by atoms with E-state index in [0.29, 0.717) is 17.6 Å². The van der Waals surface area contributed by atoms with Crippen molar-refractivity contribution in [3.63, 3.8) is 0 Å². The molecular formula is C10H11BO3. The highest BCUT2D eigenvalue weighted by atomic mass is 16.4. The normalized spacial score (nSPS) is 14.6. The summed E-state index contributed by atoms with van der Waals surface area (Å²) in [5.74, 6) is 0.384. The quantitative estimate of drug-likeness (QED) is 0.554. The lowest BCUT2D eigenvalue weighted by Crippen LogP contribution is -2.30. The van der Waals surface area contributed by atoms with Crippen molar-refractivity contribution < 1.29 is 15.2 Å². The third-order valence-electron chi connectivity index (χ3n) is 2.44. The number of allylic oxidation sites excluding steroid dienone is 1. The Kier molecular flexibility index (Phi) is 2.31. The van der Waals surface area contributed by atoms with Crippen molar-refractivity contribution in [1.82, 2.24) is 0 Å². The topological polar surface area (TPSA) is 60.7 Å². The van der Waals surface area contributed by atoms with Crippen LogP contribution in [0.1, 0.15) is 17.5 Å². The van der Waals surface area contributed by atoms with E-state index in [2.05, 4.69) is 0 Å². The van der Waals surface area contributed by atoms with Gasteiger partial charge in [-0.05, 0) is 29.1 Å². The standard InChI is InChI=1S/C10H11BO3/c12-10-4-2-7-5-9(11(13)14)3-1-8(7)6-10/h1,3,5-6,12-14H,2,4H2. The van der Waals surface area contributed by atoms with Gasteiger partial charge < -0.3 is 15.2 Å². The van der Waals surface area contributed by atoms with Crippen LogP contribution >= 0.6 is 0 Å². The number of rotatable bonds is 1. The maximum absolute atomic E-state index is 9.30. The fourth-order valence-corrected chi connectivity index (χ4v) is 1.66. The Bertz CT molecular complexity index is 385. The van der Waals surface area contributed by atoms with Gasteiger partial charge in [0.05, 0.1) is 5.76 Å². The zero-order chi connectivity index (χ0) is 10.1. The van der Waals surface area contributed by atoms with E-state index in [1.807, 2.05) is 0 Å². The van der Waals surface area contributed by atoms with E-state index in [1.54, 1.807) is 24.3 Å². The summed E-state index contributed by atoms with van der Waals surface area (Å²) in [5, 5.41) is 27.2. The van der Waals surface area contributed by atoms with E-state index >= 15 is 0 Å². The summed E-state index contributed by atoms with van der Waals surface area (Å²) in [4.78, 5) is 0. The molecule has 0 saturated carbocycles.